The minimum atomic E-state index is -0.556. The molecule has 9 nitrogen and oxygen atoms in total. The lowest BCUT2D eigenvalue weighted by molar-refractivity contribution is 0.0839. The van der Waals surface area contributed by atoms with Gasteiger partial charge in [0.25, 0.3) is 5.56 Å². The van der Waals surface area contributed by atoms with E-state index in [1.165, 1.54) is 24.6 Å². The van der Waals surface area contributed by atoms with Crippen molar-refractivity contribution in [3.63, 3.8) is 0 Å². The average molecular weight is 539 g/mol. The van der Waals surface area contributed by atoms with Crippen molar-refractivity contribution in [1.29, 1.82) is 5.41 Å². The number of ketones is 2. The highest BCUT2D eigenvalue weighted by Gasteiger charge is 2.25. The molecule has 1 aromatic heterocycles. The zero-order valence-corrected chi connectivity index (χ0v) is 23.0. The molecule has 0 aliphatic heterocycles. The Hall–Kier alpha value is -5.05. The van der Waals surface area contributed by atoms with E-state index in [1.807, 2.05) is 19.1 Å². The maximum absolute atomic E-state index is 13.9. The third kappa shape index (κ3) is 5.01. The Balaban J connectivity index is 1.85. The van der Waals surface area contributed by atoms with Gasteiger partial charge in [-0.1, -0.05) is 48.5 Å². The van der Waals surface area contributed by atoms with E-state index in [0.717, 1.165) is 10.1 Å². The molecule has 1 heterocycles. The summed E-state index contributed by atoms with van der Waals surface area (Å²) in [4.78, 5) is 53.4. The van der Waals surface area contributed by atoms with Crippen molar-refractivity contribution in [2.24, 2.45) is 7.05 Å². The second-order valence-electron chi connectivity index (χ2n) is 9.39. The number of rotatable bonds is 9. The number of Topliss-reactive ketones (excluding diaryl/α,β-unsaturated/α-hetero) is 2. The van der Waals surface area contributed by atoms with Gasteiger partial charge in [0.1, 0.15) is 5.57 Å². The largest absolute Gasteiger partial charge is 0.470 e. The molecule has 0 fully saturated rings. The van der Waals surface area contributed by atoms with Gasteiger partial charge in [0.05, 0.1) is 16.6 Å². The highest BCUT2D eigenvalue weighted by atomic mass is 16.5. The molecular weight excluding hydrogens is 508 g/mol. The molecular formula is C31H30N4O5. The van der Waals surface area contributed by atoms with Gasteiger partial charge in [-0.15, -0.1) is 0 Å². The number of fused-ring (bicyclic) bond motifs is 1. The predicted molar refractivity (Wildman–Crippen MR) is 155 cm³/mol. The number of benzene rings is 3. The predicted octanol–water partition coefficient (Wildman–Crippen LogP) is 3.86. The molecule has 0 bridgehead atoms. The molecule has 0 unspecified atom stereocenters. The first kappa shape index (κ1) is 28.0. The number of nitrogens with one attached hydrogen (secondary N) is 2. The van der Waals surface area contributed by atoms with Crippen molar-refractivity contribution in [2.45, 2.75) is 20.8 Å². The number of aromatic nitrogens is 2. The van der Waals surface area contributed by atoms with E-state index in [9.17, 15) is 19.2 Å². The van der Waals surface area contributed by atoms with Crippen molar-refractivity contribution in [2.75, 3.05) is 13.7 Å². The topological polar surface area (TPSA) is 123 Å². The molecule has 40 heavy (non-hydrogen) atoms. The van der Waals surface area contributed by atoms with E-state index in [4.69, 9.17) is 10.1 Å². The van der Waals surface area contributed by atoms with Gasteiger partial charge in [-0.3, -0.25) is 19.0 Å². The number of allylic oxidation sites excluding steroid dienone is 1. The van der Waals surface area contributed by atoms with Crippen molar-refractivity contribution >= 4 is 28.2 Å². The SMILES string of the molecule is CN/C(OCC(=O)c1ccccc1)=C(\C(C)=N)C(=O)c1ccc2c(c1C)c(=O)n(-c1ccccc1C)c(=O)n2C. The van der Waals surface area contributed by atoms with E-state index >= 15 is 0 Å². The Morgan fingerprint density at radius 3 is 2.23 bits per heavy atom. The summed E-state index contributed by atoms with van der Waals surface area (Å²) in [5.74, 6) is -0.875. The van der Waals surface area contributed by atoms with Crippen molar-refractivity contribution in [3.8, 4) is 5.69 Å². The molecule has 0 amide bonds. The molecule has 4 rings (SSSR count). The Bertz CT molecular complexity index is 1810. The van der Waals surface area contributed by atoms with Crippen LogP contribution in [0.4, 0.5) is 0 Å². The van der Waals surface area contributed by atoms with Gasteiger partial charge in [0.2, 0.25) is 0 Å². The minimum Gasteiger partial charge on any atom is -0.470 e. The summed E-state index contributed by atoms with van der Waals surface area (Å²) in [5.41, 5.74) is 1.36. The summed E-state index contributed by atoms with van der Waals surface area (Å²) in [5, 5.41) is 11.3. The number of carbonyl (C=O) groups excluding carboxylic acids is 2. The highest BCUT2D eigenvalue weighted by Crippen LogP contribution is 2.23. The fraction of sp³-hybridized carbons (Fsp3) is 0.194. The van der Waals surface area contributed by atoms with Gasteiger partial charge in [0.15, 0.2) is 24.1 Å². The second-order valence-corrected chi connectivity index (χ2v) is 9.39. The lowest BCUT2D eigenvalue weighted by atomic mass is 9.94. The number of hydrogen-bond acceptors (Lipinski definition) is 7. The van der Waals surface area contributed by atoms with Crippen LogP contribution in [0, 0.1) is 19.3 Å². The van der Waals surface area contributed by atoms with Gasteiger partial charge >= 0.3 is 5.69 Å². The number of hydrogen-bond donors (Lipinski definition) is 2. The lowest BCUT2D eigenvalue weighted by Gasteiger charge is -2.17. The minimum absolute atomic E-state index is 0.0286. The number of nitrogens with zero attached hydrogens (tertiary/aromatic N) is 2. The first-order chi connectivity index (χ1) is 19.1. The quantitative estimate of drug-likeness (QED) is 0.144. The number of carbonyl (C=O) groups is 2. The molecule has 0 saturated carbocycles. The van der Waals surface area contributed by atoms with Gasteiger partial charge < -0.3 is 15.5 Å². The Labute approximate surface area is 230 Å². The summed E-state index contributed by atoms with van der Waals surface area (Å²) >= 11 is 0. The van der Waals surface area contributed by atoms with E-state index in [-0.39, 0.29) is 40.5 Å². The summed E-state index contributed by atoms with van der Waals surface area (Å²) in [6, 6.07) is 18.8. The third-order valence-electron chi connectivity index (χ3n) is 6.80. The average Bonchev–Trinajstić information content (AvgIpc) is 2.94. The first-order valence-corrected chi connectivity index (χ1v) is 12.6. The van der Waals surface area contributed by atoms with E-state index in [0.29, 0.717) is 22.3 Å². The van der Waals surface area contributed by atoms with Crippen LogP contribution >= 0.6 is 0 Å². The monoisotopic (exact) mass is 538 g/mol. The molecule has 4 aromatic rings. The second kappa shape index (κ2) is 11.4. The molecule has 0 spiro atoms. The Morgan fingerprint density at radius 2 is 1.60 bits per heavy atom. The summed E-state index contributed by atoms with van der Waals surface area (Å²) in [6.45, 7) is 4.55. The molecule has 0 saturated heterocycles. The van der Waals surface area contributed by atoms with Crippen LogP contribution in [0.15, 0.2) is 87.8 Å². The lowest BCUT2D eigenvalue weighted by Crippen LogP contribution is -2.38. The van der Waals surface area contributed by atoms with Crippen LogP contribution in [0.25, 0.3) is 16.6 Å². The first-order valence-electron chi connectivity index (χ1n) is 12.6. The van der Waals surface area contributed by atoms with Crippen molar-refractivity contribution < 1.29 is 14.3 Å². The van der Waals surface area contributed by atoms with Crippen LogP contribution in [0.3, 0.4) is 0 Å². The van der Waals surface area contributed by atoms with Gasteiger partial charge in [-0.2, -0.15) is 0 Å². The van der Waals surface area contributed by atoms with E-state index in [1.54, 1.807) is 62.5 Å². The highest BCUT2D eigenvalue weighted by molar-refractivity contribution is 6.27. The van der Waals surface area contributed by atoms with Crippen LogP contribution in [-0.2, 0) is 11.8 Å². The molecule has 0 aliphatic carbocycles. The maximum atomic E-state index is 13.9. The number of para-hydroxylation sites is 1. The Morgan fingerprint density at radius 1 is 0.950 bits per heavy atom. The van der Waals surface area contributed by atoms with Crippen molar-refractivity contribution in [1.82, 2.24) is 14.5 Å². The molecule has 0 aliphatic rings. The van der Waals surface area contributed by atoms with Crippen LogP contribution in [0.5, 0.6) is 0 Å². The standard InChI is InChI=1S/C31H30N4O5/c1-18-11-9-10-14-23(18)35-30(38)26-19(2)22(15-16-24(26)34(5)31(35)39)28(37)27(20(3)32)29(33-4)40-17-25(36)21-12-7-6-8-13-21/h6-16,32-33H,17H2,1-5H3/b29-27-,32-20?. The van der Waals surface area contributed by atoms with E-state index < -0.39 is 17.0 Å². The normalized spacial score (nSPS) is 11.6. The molecule has 3 aromatic carbocycles. The van der Waals surface area contributed by atoms with Crippen LogP contribution < -0.4 is 16.6 Å². The molecule has 2 N–H and O–H groups in total. The number of ether oxygens (including phenoxy) is 1. The smallest absolute Gasteiger partial charge is 0.335 e. The van der Waals surface area contributed by atoms with Gasteiger partial charge in [-0.25, -0.2) is 9.36 Å². The number of aryl methyl sites for hydroxylation is 3. The molecule has 204 valence electrons. The fourth-order valence-corrected chi connectivity index (χ4v) is 4.66. The van der Waals surface area contributed by atoms with Gasteiger partial charge in [-0.05, 0) is 50.1 Å². The molecule has 0 atom stereocenters. The maximum Gasteiger partial charge on any atom is 0.335 e. The van der Waals surface area contributed by atoms with E-state index in [2.05, 4.69) is 5.32 Å². The Kier molecular flexibility index (Phi) is 7.95. The zero-order chi connectivity index (χ0) is 29.1. The fourth-order valence-electron chi connectivity index (χ4n) is 4.66. The zero-order valence-electron chi connectivity index (χ0n) is 23.0. The van der Waals surface area contributed by atoms with Gasteiger partial charge in [0, 0.05) is 30.9 Å². The third-order valence-corrected chi connectivity index (χ3v) is 6.80. The van der Waals surface area contributed by atoms with Crippen LogP contribution in [0.1, 0.15) is 38.8 Å². The van der Waals surface area contributed by atoms with Crippen molar-refractivity contribution in [3.05, 3.63) is 121 Å². The van der Waals surface area contributed by atoms with Crippen LogP contribution in [-0.4, -0.2) is 40.1 Å². The van der Waals surface area contributed by atoms with Crippen LogP contribution in [0.2, 0.25) is 0 Å². The molecule has 9 heteroatoms. The summed E-state index contributed by atoms with van der Waals surface area (Å²) < 4.78 is 8.18. The molecule has 0 radical (unpaired) electrons. The summed E-state index contributed by atoms with van der Waals surface area (Å²) in [7, 11) is 3.10. The summed E-state index contributed by atoms with van der Waals surface area (Å²) in [6.07, 6.45) is 0.